The topological polar surface area (TPSA) is 66.9 Å². The van der Waals surface area contributed by atoms with E-state index >= 15 is 0 Å². The Morgan fingerprint density at radius 2 is 2.14 bits per heavy atom. The van der Waals surface area contributed by atoms with E-state index in [-0.39, 0.29) is 6.10 Å². The summed E-state index contributed by atoms with van der Waals surface area (Å²) in [4.78, 5) is 9.77. The number of hydrogen-bond donors (Lipinski definition) is 1. The lowest BCUT2D eigenvalue weighted by Gasteiger charge is -2.32. The number of nitrogens with zero attached hydrogens (tertiary/aromatic N) is 4. The molecule has 0 spiro atoms. The summed E-state index contributed by atoms with van der Waals surface area (Å²) in [6.07, 6.45) is -2.45. The number of rotatable bonds is 2. The quantitative estimate of drug-likeness (QED) is 0.916. The molecular formula is C12H12F3N5O. The summed E-state index contributed by atoms with van der Waals surface area (Å²) in [5.41, 5.74) is -0.758. The van der Waals surface area contributed by atoms with E-state index in [0.717, 1.165) is 12.3 Å². The highest BCUT2D eigenvalue weighted by atomic mass is 19.4. The van der Waals surface area contributed by atoms with E-state index in [2.05, 4.69) is 20.2 Å². The van der Waals surface area contributed by atoms with E-state index in [1.54, 1.807) is 0 Å². The SMILES string of the molecule is FC(F)(F)c1ccc(N2CCOC(c3ncn[nH]3)C2)nc1. The maximum absolute atomic E-state index is 12.5. The van der Waals surface area contributed by atoms with E-state index < -0.39 is 11.7 Å². The van der Waals surface area contributed by atoms with Crippen molar-refractivity contribution in [1.82, 2.24) is 20.2 Å². The van der Waals surface area contributed by atoms with Crippen LogP contribution in [0.3, 0.4) is 0 Å². The number of nitrogens with one attached hydrogen (secondary N) is 1. The first-order chi connectivity index (χ1) is 10.0. The lowest BCUT2D eigenvalue weighted by atomic mass is 10.2. The molecule has 1 N–H and O–H groups in total. The predicted octanol–water partition coefficient (Wildman–Crippen LogP) is 1.80. The highest BCUT2D eigenvalue weighted by Gasteiger charge is 2.31. The van der Waals surface area contributed by atoms with Gasteiger partial charge >= 0.3 is 6.18 Å². The zero-order valence-electron chi connectivity index (χ0n) is 10.8. The van der Waals surface area contributed by atoms with E-state index in [4.69, 9.17) is 4.74 Å². The molecule has 0 saturated carbocycles. The molecule has 9 heteroatoms. The van der Waals surface area contributed by atoms with Gasteiger partial charge < -0.3 is 9.64 Å². The zero-order valence-corrected chi connectivity index (χ0v) is 10.8. The van der Waals surface area contributed by atoms with Crippen LogP contribution in [0.4, 0.5) is 19.0 Å². The Morgan fingerprint density at radius 3 is 2.76 bits per heavy atom. The van der Waals surface area contributed by atoms with Crippen molar-refractivity contribution in [2.24, 2.45) is 0 Å². The van der Waals surface area contributed by atoms with E-state index in [9.17, 15) is 13.2 Å². The summed E-state index contributed by atoms with van der Waals surface area (Å²) in [6.45, 7) is 1.45. The van der Waals surface area contributed by atoms with Crippen LogP contribution in [0.15, 0.2) is 24.7 Å². The van der Waals surface area contributed by atoms with Crippen molar-refractivity contribution >= 4 is 5.82 Å². The molecule has 2 aromatic heterocycles. The van der Waals surface area contributed by atoms with Crippen LogP contribution < -0.4 is 4.90 Å². The van der Waals surface area contributed by atoms with Crippen LogP contribution in [0.2, 0.25) is 0 Å². The van der Waals surface area contributed by atoms with E-state index in [0.29, 0.717) is 31.3 Å². The monoisotopic (exact) mass is 299 g/mol. The number of hydrogen-bond acceptors (Lipinski definition) is 5. The molecular weight excluding hydrogens is 287 g/mol. The molecule has 1 saturated heterocycles. The minimum absolute atomic E-state index is 0.301. The molecule has 0 amide bonds. The number of aromatic amines is 1. The molecule has 3 rings (SSSR count). The van der Waals surface area contributed by atoms with Crippen molar-refractivity contribution in [3.05, 3.63) is 36.0 Å². The predicted molar refractivity (Wildman–Crippen MR) is 66.5 cm³/mol. The largest absolute Gasteiger partial charge is 0.417 e. The molecule has 6 nitrogen and oxygen atoms in total. The lowest BCUT2D eigenvalue weighted by Crippen LogP contribution is -2.39. The number of aromatic nitrogens is 4. The third-order valence-corrected chi connectivity index (χ3v) is 3.20. The molecule has 21 heavy (non-hydrogen) atoms. The van der Waals surface area contributed by atoms with Crippen LogP contribution in [0.1, 0.15) is 17.5 Å². The van der Waals surface area contributed by atoms with Gasteiger partial charge in [-0.2, -0.15) is 18.3 Å². The third kappa shape index (κ3) is 2.97. The fraction of sp³-hybridized carbons (Fsp3) is 0.417. The Morgan fingerprint density at radius 1 is 1.29 bits per heavy atom. The second-order valence-corrected chi connectivity index (χ2v) is 4.58. The molecule has 0 aliphatic carbocycles. The van der Waals surface area contributed by atoms with Crippen LogP contribution in [0.5, 0.6) is 0 Å². The Labute approximate surface area is 118 Å². The van der Waals surface area contributed by atoms with Gasteiger partial charge in [-0.1, -0.05) is 0 Å². The van der Waals surface area contributed by atoms with Crippen molar-refractivity contribution in [3.8, 4) is 0 Å². The minimum Gasteiger partial charge on any atom is -0.367 e. The van der Waals surface area contributed by atoms with Gasteiger partial charge in [-0.05, 0) is 12.1 Å². The fourth-order valence-electron chi connectivity index (χ4n) is 2.13. The molecule has 3 heterocycles. The van der Waals surface area contributed by atoms with Crippen LogP contribution >= 0.6 is 0 Å². The number of ether oxygens (including phenoxy) is 1. The maximum atomic E-state index is 12.5. The molecule has 0 bridgehead atoms. The first-order valence-corrected chi connectivity index (χ1v) is 6.29. The van der Waals surface area contributed by atoms with Gasteiger partial charge in [-0.25, -0.2) is 9.97 Å². The first-order valence-electron chi connectivity index (χ1n) is 6.29. The van der Waals surface area contributed by atoms with Gasteiger partial charge in [-0.3, -0.25) is 5.10 Å². The molecule has 1 unspecified atom stereocenters. The molecule has 0 aromatic carbocycles. The minimum atomic E-state index is -4.38. The number of H-pyrrole nitrogens is 1. The van der Waals surface area contributed by atoms with Crippen molar-refractivity contribution < 1.29 is 17.9 Å². The summed E-state index contributed by atoms with van der Waals surface area (Å²) >= 11 is 0. The smallest absolute Gasteiger partial charge is 0.367 e. The lowest BCUT2D eigenvalue weighted by molar-refractivity contribution is -0.137. The Kier molecular flexibility index (Phi) is 3.50. The first kappa shape index (κ1) is 13.8. The summed E-state index contributed by atoms with van der Waals surface area (Å²) in [5.74, 6) is 1.07. The van der Waals surface area contributed by atoms with E-state index in [1.165, 1.54) is 12.4 Å². The van der Waals surface area contributed by atoms with Crippen LogP contribution in [0.25, 0.3) is 0 Å². The average Bonchev–Trinajstić information content (AvgIpc) is 3.01. The zero-order chi connectivity index (χ0) is 14.9. The summed E-state index contributed by atoms with van der Waals surface area (Å²) in [5, 5.41) is 6.48. The molecule has 1 aliphatic heterocycles. The van der Waals surface area contributed by atoms with Gasteiger partial charge in [0.25, 0.3) is 0 Å². The molecule has 1 fully saturated rings. The van der Waals surface area contributed by atoms with Gasteiger partial charge in [0.2, 0.25) is 0 Å². The number of alkyl halides is 3. The van der Waals surface area contributed by atoms with Crippen LogP contribution in [0, 0.1) is 0 Å². The molecule has 0 radical (unpaired) electrons. The Hall–Kier alpha value is -2.16. The highest BCUT2D eigenvalue weighted by Crippen LogP contribution is 2.30. The van der Waals surface area contributed by atoms with Crippen LogP contribution in [-0.2, 0) is 10.9 Å². The molecule has 112 valence electrons. The normalized spacial score (nSPS) is 19.8. The number of halogens is 3. The van der Waals surface area contributed by atoms with E-state index in [1.807, 2.05) is 4.90 Å². The second kappa shape index (κ2) is 5.32. The average molecular weight is 299 g/mol. The number of pyridine rings is 1. The van der Waals surface area contributed by atoms with Gasteiger partial charge in [0, 0.05) is 12.7 Å². The maximum Gasteiger partial charge on any atom is 0.417 e. The second-order valence-electron chi connectivity index (χ2n) is 4.58. The molecule has 2 aromatic rings. The van der Waals surface area contributed by atoms with Gasteiger partial charge in [0.15, 0.2) is 5.82 Å². The summed E-state index contributed by atoms with van der Waals surface area (Å²) in [6, 6.07) is 2.40. The van der Waals surface area contributed by atoms with Crippen molar-refractivity contribution in [3.63, 3.8) is 0 Å². The van der Waals surface area contributed by atoms with Crippen molar-refractivity contribution in [2.45, 2.75) is 12.3 Å². The van der Waals surface area contributed by atoms with Crippen molar-refractivity contribution in [1.29, 1.82) is 0 Å². The Bertz CT molecular complexity index is 584. The highest BCUT2D eigenvalue weighted by molar-refractivity contribution is 5.40. The fourth-order valence-corrected chi connectivity index (χ4v) is 2.13. The molecule has 1 aliphatic rings. The van der Waals surface area contributed by atoms with Gasteiger partial charge in [0.05, 0.1) is 18.7 Å². The van der Waals surface area contributed by atoms with Crippen LogP contribution in [-0.4, -0.2) is 39.9 Å². The standard InChI is InChI=1S/C12H12F3N5O/c13-12(14,15)8-1-2-10(16-5-8)20-3-4-21-9(6-20)11-17-7-18-19-11/h1-2,5,7,9H,3-4,6H2,(H,17,18,19). The van der Waals surface area contributed by atoms with Gasteiger partial charge in [-0.15, -0.1) is 0 Å². The number of morpholine rings is 1. The summed E-state index contributed by atoms with van der Waals surface area (Å²) in [7, 11) is 0. The van der Waals surface area contributed by atoms with Gasteiger partial charge in [0.1, 0.15) is 18.2 Å². The van der Waals surface area contributed by atoms with Crippen molar-refractivity contribution in [2.75, 3.05) is 24.6 Å². The summed E-state index contributed by atoms with van der Waals surface area (Å²) < 4.78 is 43.1. The Balaban J connectivity index is 1.74. The third-order valence-electron chi connectivity index (χ3n) is 3.20. The number of anilines is 1. The molecule has 1 atom stereocenters.